The van der Waals surface area contributed by atoms with Gasteiger partial charge in [-0.2, -0.15) is 0 Å². The fraction of sp³-hybridized carbons (Fsp3) is 0.500. The predicted molar refractivity (Wildman–Crippen MR) is 83.3 cm³/mol. The molecule has 0 aliphatic carbocycles. The van der Waals surface area contributed by atoms with E-state index in [2.05, 4.69) is 35.0 Å². The van der Waals surface area contributed by atoms with Gasteiger partial charge >= 0.3 is 0 Å². The van der Waals surface area contributed by atoms with E-state index in [0.717, 1.165) is 41.8 Å². The van der Waals surface area contributed by atoms with E-state index in [9.17, 15) is 0 Å². The minimum atomic E-state index is 0.704. The second-order valence-corrected chi connectivity index (χ2v) is 5.58. The number of fused-ring (bicyclic) bond motifs is 1. The Labute approximate surface area is 123 Å². The van der Waals surface area contributed by atoms with Crippen LogP contribution in [0.3, 0.4) is 0 Å². The quantitative estimate of drug-likeness (QED) is 0.529. The van der Waals surface area contributed by atoms with Crippen molar-refractivity contribution in [3.63, 3.8) is 0 Å². The van der Waals surface area contributed by atoms with E-state index in [1.54, 1.807) is 0 Å². The first kappa shape index (κ1) is 14.4. The van der Waals surface area contributed by atoms with Gasteiger partial charge in [-0.15, -0.1) is 0 Å². The van der Waals surface area contributed by atoms with Crippen LogP contribution in [0.15, 0.2) is 23.8 Å². The fourth-order valence-electron chi connectivity index (χ4n) is 2.10. The minimum absolute atomic E-state index is 0.704. The van der Waals surface area contributed by atoms with E-state index < -0.39 is 0 Å². The van der Waals surface area contributed by atoms with Gasteiger partial charge in [0.05, 0.1) is 6.61 Å². The molecule has 1 heterocycles. The van der Waals surface area contributed by atoms with Crippen LogP contribution in [-0.2, 0) is 0 Å². The molecule has 0 saturated carbocycles. The summed E-state index contributed by atoms with van der Waals surface area (Å²) in [5.41, 5.74) is 2.46. The Morgan fingerprint density at radius 2 is 2.21 bits per heavy atom. The highest BCUT2D eigenvalue weighted by Gasteiger charge is 2.11. The molecule has 3 heteroatoms. The summed E-state index contributed by atoms with van der Waals surface area (Å²) in [7, 11) is 0. The van der Waals surface area contributed by atoms with Gasteiger partial charge in [0.15, 0.2) is 0 Å². The number of rotatable bonds is 7. The second kappa shape index (κ2) is 7.59. The molecule has 2 rings (SSSR count). The van der Waals surface area contributed by atoms with Gasteiger partial charge < -0.3 is 9.47 Å². The van der Waals surface area contributed by atoms with Crippen molar-refractivity contribution < 1.29 is 9.47 Å². The lowest BCUT2D eigenvalue weighted by Crippen LogP contribution is -2.08. The average molecular weight is 325 g/mol. The maximum absolute atomic E-state index is 5.78. The van der Waals surface area contributed by atoms with Gasteiger partial charge in [0.25, 0.3) is 0 Å². The normalized spacial score (nSPS) is 13.5. The zero-order valence-corrected chi connectivity index (χ0v) is 13.0. The molecule has 0 saturated heterocycles. The smallest absolute Gasteiger partial charge is 0.127 e. The van der Waals surface area contributed by atoms with E-state index in [4.69, 9.17) is 9.47 Å². The van der Waals surface area contributed by atoms with E-state index >= 15 is 0 Å². The summed E-state index contributed by atoms with van der Waals surface area (Å²) in [6.07, 6.45) is 6.82. The molecule has 0 spiro atoms. The molecular formula is C16H21BrO2. The van der Waals surface area contributed by atoms with Gasteiger partial charge in [0.2, 0.25) is 0 Å². The number of ether oxygens (including phenoxy) is 2. The molecule has 0 unspecified atom stereocenters. The van der Waals surface area contributed by atoms with Crippen molar-refractivity contribution in [2.24, 2.45) is 0 Å². The molecule has 1 aromatic carbocycles. The molecular weight excluding hydrogens is 304 g/mol. The lowest BCUT2D eigenvalue weighted by Gasteiger charge is -2.18. The fourth-order valence-corrected chi connectivity index (χ4v) is 2.61. The molecule has 0 bridgehead atoms. The molecule has 1 aromatic rings. The highest BCUT2D eigenvalue weighted by Crippen LogP contribution is 2.31. The van der Waals surface area contributed by atoms with Gasteiger partial charge in [-0.3, -0.25) is 0 Å². The molecule has 19 heavy (non-hydrogen) atoms. The Balaban J connectivity index is 2.00. The summed E-state index contributed by atoms with van der Waals surface area (Å²) in [4.78, 5) is 0. The molecule has 2 nitrogen and oxygen atoms in total. The van der Waals surface area contributed by atoms with Crippen molar-refractivity contribution in [3.8, 4) is 11.5 Å². The van der Waals surface area contributed by atoms with Crippen LogP contribution in [0.4, 0.5) is 0 Å². The summed E-state index contributed by atoms with van der Waals surface area (Å²) in [6.45, 7) is 3.70. The van der Waals surface area contributed by atoms with Crippen molar-refractivity contribution in [1.29, 1.82) is 0 Å². The maximum atomic E-state index is 5.78. The van der Waals surface area contributed by atoms with E-state index in [1.807, 2.05) is 12.1 Å². The first-order chi connectivity index (χ1) is 9.33. The molecule has 0 aromatic heterocycles. The molecule has 0 radical (unpaired) electrons. The van der Waals surface area contributed by atoms with Crippen molar-refractivity contribution in [2.45, 2.75) is 32.6 Å². The van der Waals surface area contributed by atoms with Crippen molar-refractivity contribution in [3.05, 3.63) is 29.3 Å². The molecule has 0 N–H and O–H groups in total. The lowest BCUT2D eigenvalue weighted by atomic mass is 10.1. The number of unbranched alkanes of at least 4 members (excludes halogenated alkanes) is 2. The number of benzene rings is 1. The summed E-state index contributed by atoms with van der Waals surface area (Å²) < 4.78 is 11.5. The van der Waals surface area contributed by atoms with Crippen LogP contribution in [0.1, 0.15) is 38.2 Å². The number of hydrogen-bond acceptors (Lipinski definition) is 2. The Kier molecular flexibility index (Phi) is 5.77. The average Bonchev–Trinajstić information content (AvgIpc) is 2.44. The van der Waals surface area contributed by atoms with E-state index in [-0.39, 0.29) is 0 Å². The lowest BCUT2D eigenvalue weighted by molar-refractivity contribution is 0.304. The van der Waals surface area contributed by atoms with Crippen LogP contribution in [0, 0.1) is 0 Å². The number of alkyl halides is 1. The first-order valence-electron chi connectivity index (χ1n) is 6.98. The van der Waals surface area contributed by atoms with Crippen LogP contribution < -0.4 is 9.47 Å². The predicted octanol–water partition coefficient (Wildman–Crippen LogP) is 4.82. The molecule has 1 aliphatic rings. The summed E-state index contributed by atoms with van der Waals surface area (Å²) in [5.74, 6) is 1.90. The van der Waals surface area contributed by atoms with E-state index in [1.165, 1.54) is 18.4 Å². The van der Waals surface area contributed by atoms with Gasteiger partial charge in [-0.1, -0.05) is 35.7 Å². The molecule has 0 amide bonds. The Morgan fingerprint density at radius 3 is 3.00 bits per heavy atom. The Bertz CT molecular complexity index is 440. The van der Waals surface area contributed by atoms with Crippen LogP contribution >= 0.6 is 15.9 Å². The molecule has 0 atom stereocenters. The molecule has 104 valence electrons. The van der Waals surface area contributed by atoms with E-state index in [0.29, 0.717) is 6.61 Å². The SMILES string of the molecule is CCCCCOc1ccc2c(c1)C=C(CCBr)CO2. The van der Waals surface area contributed by atoms with Gasteiger partial charge in [-0.25, -0.2) is 0 Å². The molecule has 0 fully saturated rings. The van der Waals surface area contributed by atoms with Gasteiger partial charge in [0, 0.05) is 10.9 Å². The third-order valence-corrected chi connectivity index (χ3v) is 3.58. The summed E-state index contributed by atoms with van der Waals surface area (Å²) in [6, 6.07) is 6.08. The Hall–Kier alpha value is -0.960. The highest BCUT2D eigenvalue weighted by molar-refractivity contribution is 9.09. The maximum Gasteiger partial charge on any atom is 0.127 e. The summed E-state index contributed by atoms with van der Waals surface area (Å²) in [5, 5.41) is 0.977. The zero-order chi connectivity index (χ0) is 13.5. The largest absolute Gasteiger partial charge is 0.494 e. The van der Waals surface area contributed by atoms with Crippen molar-refractivity contribution in [1.82, 2.24) is 0 Å². The van der Waals surface area contributed by atoms with Crippen molar-refractivity contribution in [2.75, 3.05) is 18.5 Å². The number of halogens is 1. The van der Waals surface area contributed by atoms with Crippen LogP contribution in [0.5, 0.6) is 11.5 Å². The van der Waals surface area contributed by atoms with Gasteiger partial charge in [-0.05, 0) is 42.7 Å². The minimum Gasteiger partial charge on any atom is -0.494 e. The van der Waals surface area contributed by atoms with Gasteiger partial charge in [0.1, 0.15) is 18.1 Å². The molecule has 1 aliphatic heterocycles. The standard InChI is InChI=1S/C16H21BrO2/c1-2-3-4-9-18-15-5-6-16-14(11-15)10-13(7-8-17)12-19-16/h5-6,10-11H,2-4,7-9,12H2,1H3. The van der Waals surface area contributed by atoms with Crippen molar-refractivity contribution >= 4 is 22.0 Å². The topological polar surface area (TPSA) is 18.5 Å². The third kappa shape index (κ3) is 4.27. The Morgan fingerprint density at radius 1 is 1.32 bits per heavy atom. The number of hydrogen-bond donors (Lipinski definition) is 0. The summed E-state index contributed by atoms with van der Waals surface area (Å²) >= 11 is 3.47. The third-order valence-electron chi connectivity index (χ3n) is 3.19. The monoisotopic (exact) mass is 324 g/mol. The van der Waals surface area contributed by atoms with Crippen LogP contribution in [0.2, 0.25) is 0 Å². The highest BCUT2D eigenvalue weighted by atomic mass is 79.9. The first-order valence-corrected chi connectivity index (χ1v) is 8.10. The second-order valence-electron chi connectivity index (χ2n) is 4.79. The zero-order valence-electron chi connectivity index (χ0n) is 11.5. The van der Waals surface area contributed by atoms with Crippen LogP contribution in [0.25, 0.3) is 6.08 Å². The van der Waals surface area contributed by atoms with Crippen LogP contribution in [-0.4, -0.2) is 18.5 Å².